The number of halogens is 2. The van der Waals surface area contributed by atoms with E-state index in [0.29, 0.717) is 38.3 Å². The van der Waals surface area contributed by atoms with Crippen molar-refractivity contribution in [2.45, 2.75) is 46.1 Å². The molecule has 1 atom stereocenters. The van der Waals surface area contributed by atoms with Gasteiger partial charge < -0.3 is 14.2 Å². The number of rotatable bonds is 7. The fourth-order valence-electron chi connectivity index (χ4n) is 3.26. The minimum Gasteiger partial charge on any atom is -0.493 e. The molecule has 0 spiro atoms. The predicted octanol–water partition coefficient (Wildman–Crippen LogP) is 5.44. The van der Waals surface area contributed by atoms with Gasteiger partial charge in [0.1, 0.15) is 5.82 Å². The number of nitrogens with zero attached hydrogens (tertiary/aromatic N) is 3. The van der Waals surface area contributed by atoms with E-state index in [1.54, 1.807) is 38.3 Å². The number of carbonyl (C=O) groups is 1. The van der Waals surface area contributed by atoms with Gasteiger partial charge in [-0.05, 0) is 60.1 Å². The molecule has 10 heteroatoms. The second kappa shape index (κ2) is 10.9. The summed E-state index contributed by atoms with van der Waals surface area (Å²) in [7, 11) is 1.50. The van der Waals surface area contributed by atoms with E-state index < -0.39 is 17.5 Å². The molecule has 0 saturated heterocycles. The quantitative estimate of drug-likeness (QED) is 0.262. The van der Waals surface area contributed by atoms with Crippen LogP contribution in [0.4, 0.5) is 0 Å². The number of carbonyl (C=O) groups excluding carboxylic acids is 1. The lowest BCUT2D eigenvalue weighted by atomic mass is 9.95. The minimum atomic E-state index is -0.814. The van der Waals surface area contributed by atoms with Crippen molar-refractivity contribution in [3.8, 4) is 11.5 Å². The largest absolute Gasteiger partial charge is 0.493 e. The Morgan fingerprint density at radius 1 is 1.20 bits per heavy atom. The average molecular weight is 609 g/mol. The van der Waals surface area contributed by atoms with Crippen LogP contribution in [0.3, 0.4) is 0 Å². The minimum absolute atomic E-state index is 0.263. The molecule has 1 heterocycles. The third kappa shape index (κ3) is 6.10. The molecule has 3 aromatic rings. The molecule has 0 unspecified atom stereocenters. The van der Waals surface area contributed by atoms with E-state index >= 15 is 0 Å². The number of hydrogen-bond acceptors (Lipinski definition) is 7. The van der Waals surface area contributed by atoms with Crippen LogP contribution in [0.25, 0.3) is 10.9 Å². The molecule has 1 aromatic heterocycles. The highest BCUT2D eigenvalue weighted by Gasteiger charge is 2.23. The highest BCUT2D eigenvalue weighted by Crippen LogP contribution is 2.34. The Morgan fingerprint density at radius 2 is 1.91 bits per heavy atom. The molecule has 0 radical (unpaired) electrons. The zero-order chi connectivity index (χ0) is 25.9. The Balaban J connectivity index is 2.06. The average Bonchev–Trinajstić information content (AvgIpc) is 2.79. The van der Waals surface area contributed by atoms with Crippen LogP contribution in [0.15, 0.2) is 49.2 Å². The molecule has 35 heavy (non-hydrogen) atoms. The maximum Gasteiger partial charge on any atom is 0.347 e. The summed E-state index contributed by atoms with van der Waals surface area (Å²) in [6.07, 6.45) is 0.735. The fourth-order valence-corrected chi connectivity index (χ4v) is 4.05. The molecule has 0 bridgehead atoms. The van der Waals surface area contributed by atoms with Gasteiger partial charge in [0.2, 0.25) is 0 Å². The number of ether oxygens (including phenoxy) is 3. The molecule has 8 nitrogen and oxygen atoms in total. The molecule has 0 amide bonds. The summed E-state index contributed by atoms with van der Waals surface area (Å²) >= 11 is 6.93. The summed E-state index contributed by atoms with van der Waals surface area (Å²) in [5, 5.41) is 4.96. The van der Waals surface area contributed by atoms with E-state index in [2.05, 4.69) is 37.0 Å². The summed E-state index contributed by atoms with van der Waals surface area (Å²) in [6, 6.07) is 8.78. The highest BCUT2D eigenvalue weighted by atomic mass is 79.9. The third-order valence-electron chi connectivity index (χ3n) is 5.00. The Bertz CT molecular complexity index is 1350. The Hall–Kier alpha value is -2.72. The van der Waals surface area contributed by atoms with Crippen molar-refractivity contribution in [3.05, 3.63) is 61.0 Å². The first-order chi connectivity index (χ1) is 16.5. The van der Waals surface area contributed by atoms with E-state index in [1.807, 2.05) is 32.9 Å². The Kier molecular flexibility index (Phi) is 8.38. The summed E-state index contributed by atoms with van der Waals surface area (Å²) < 4.78 is 18.9. The number of esters is 1. The first-order valence-electron chi connectivity index (χ1n) is 10.9. The molecule has 3 rings (SSSR count). The van der Waals surface area contributed by atoms with Gasteiger partial charge in [-0.3, -0.25) is 4.79 Å². The van der Waals surface area contributed by atoms with Crippen LogP contribution in [0.1, 0.15) is 46.0 Å². The SMILES string of the molecule is CCOC(=O)[C@@H](C)Oc1cc(Br)c(C=Nn2c(C(C)(C)C)nc3ccc(Br)cc3c2=O)cc1OC. The zero-order valence-corrected chi connectivity index (χ0v) is 23.6. The number of fused-ring (bicyclic) bond motifs is 1. The molecule has 2 aromatic carbocycles. The summed E-state index contributed by atoms with van der Waals surface area (Å²) in [6.45, 7) is 9.52. The summed E-state index contributed by atoms with van der Waals surface area (Å²) in [5.74, 6) is 0.817. The molecular formula is C25H27Br2N3O5. The monoisotopic (exact) mass is 607 g/mol. The molecular weight excluding hydrogens is 582 g/mol. The summed E-state index contributed by atoms with van der Waals surface area (Å²) in [4.78, 5) is 30.0. The second-order valence-electron chi connectivity index (χ2n) is 8.75. The molecule has 0 aliphatic carbocycles. The van der Waals surface area contributed by atoms with Crippen LogP contribution < -0.4 is 15.0 Å². The first kappa shape index (κ1) is 26.9. The van der Waals surface area contributed by atoms with E-state index in [9.17, 15) is 9.59 Å². The van der Waals surface area contributed by atoms with Crippen molar-refractivity contribution in [3.63, 3.8) is 0 Å². The van der Waals surface area contributed by atoms with E-state index in [4.69, 9.17) is 19.2 Å². The van der Waals surface area contributed by atoms with Crippen LogP contribution in [0, 0.1) is 0 Å². The van der Waals surface area contributed by atoms with Crippen LogP contribution in [-0.2, 0) is 14.9 Å². The Labute approximate surface area is 220 Å². The summed E-state index contributed by atoms with van der Waals surface area (Å²) in [5.41, 5.74) is 0.533. The molecule has 0 aliphatic rings. The zero-order valence-electron chi connectivity index (χ0n) is 20.4. The third-order valence-corrected chi connectivity index (χ3v) is 6.18. The second-order valence-corrected chi connectivity index (χ2v) is 10.5. The van der Waals surface area contributed by atoms with Crippen LogP contribution in [0.5, 0.6) is 11.5 Å². The van der Waals surface area contributed by atoms with Crippen molar-refractivity contribution in [2.75, 3.05) is 13.7 Å². The van der Waals surface area contributed by atoms with Crippen molar-refractivity contribution < 1.29 is 19.0 Å². The first-order valence-corrected chi connectivity index (χ1v) is 12.5. The van der Waals surface area contributed by atoms with Crippen molar-refractivity contribution in [1.82, 2.24) is 9.66 Å². The van der Waals surface area contributed by atoms with E-state index in [0.717, 1.165) is 4.47 Å². The Morgan fingerprint density at radius 3 is 2.54 bits per heavy atom. The molecule has 0 N–H and O–H groups in total. The lowest BCUT2D eigenvalue weighted by Gasteiger charge is -2.21. The lowest BCUT2D eigenvalue weighted by molar-refractivity contribution is -0.150. The lowest BCUT2D eigenvalue weighted by Crippen LogP contribution is -2.29. The molecule has 0 aliphatic heterocycles. The van der Waals surface area contributed by atoms with Gasteiger partial charge >= 0.3 is 5.97 Å². The maximum atomic E-state index is 13.4. The van der Waals surface area contributed by atoms with Crippen molar-refractivity contribution in [1.29, 1.82) is 0 Å². The number of benzene rings is 2. The number of methoxy groups -OCH3 is 1. The van der Waals surface area contributed by atoms with Crippen molar-refractivity contribution in [2.24, 2.45) is 5.10 Å². The fraction of sp³-hybridized carbons (Fsp3) is 0.360. The van der Waals surface area contributed by atoms with Crippen LogP contribution >= 0.6 is 31.9 Å². The van der Waals surface area contributed by atoms with E-state index in [1.165, 1.54) is 11.8 Å². The molecule has 186 valence electrons. The predicted molar refractivity (Wildman–Crippen MR) is 143 cm³/mol. The molecule has 0 saturated carbocycles. The van der Waals surface area contributed by atoms with Crippen molar-refractivity contribution >= 4 is 54.9 Å². The van der Waals surface area contributed by atoms with Gasteiger partial charge in [0.05, 0.1) is 30.8 Å². The van der Waals surface area contributed by atoms with Crippen LogP contribution in [-0.4, -0.2) is 41.7 Å². The van der Waals surface area contributed by atoms with Gasteiger partial charge in [-0.15, -0.1) is 0 Å². The standard InChI is InChI=1S/C25H27Br2N3O5/c1-7-34-23(32)14(2)35-21-12-18(27)15(10-20(21)33-6)13-28-30-22(31)17-11-16(26)8-9-19(17)29-24(30)25(3,4)5/h8-14H,7H2,1-6H3/t14-/m1/s1. The van der Waals surface area contributed by atoms with Gasteiger partial charge in [-0.2, -0.15) is 9.78 Å². The van der Waals surface area contributed by atoms with Gasteiger partial charge in [0.25, 0.3) is 5.56 Å². The maximum absolute atomic E-state index is 13.4. The van der Waals surface area contributed by atoms with Gasteiger partial charge in [0.15, 0.2) is 17.6 Å². The number of aromatic nitrogens is 2. The smallest absolute Gasteiger partial charge is 0.347 e. The van der Waals surface area contributed by atoms with Gasteiger partial charge in [-0.25, -0.2) is 9.78 Å². The normalized spacial score (nSPS) is 12.7. The van der Waals surface area contributed by atoms with Gasteiger partial charge in [-0.1, -0.05) is 36.7 Å². The molecule has 0 fully saturated rings. The van der Waals surface area contributed by atoms with Gasteiger partial charge in [0, 0.05) is 19.9 Å². The highest BCUT2D eigenvalue weighted by molar-refractivity contribution is 9.10. The number of hydrogen-bond donors (Lipinski definition) is 0. The topological polar surface area (TPSA) is 92.0 Å². The van der Waals surface area contributed by atoms with Crippen LogP contribution in [0.2, 0.25) is 0 Å². The van der Waals surface area contributed by atoms with E-state index in [-0.39, 0.29) is 12.2 Å².